The maximum absolute atomic E-state index is 12.3. The van der Waals surface area contributed by atoms with Gasteiger partial charge in [0, 0.05) is 12.3 Å². The molecule has 1 saturated carbocycles. The molecule has 0 aromatic carbocycles. The molecule has 0 spiro atoms. The molecule has 1 unspecified atom stereocenters. The molecule has 0 bridgehead atoms. The Hall–Kier alpha value is -2.31. The van der Waals surface area contributed by atoms with Crippen molar-refractivity contribution < 1.29 is 24.2 Å². The maximum Gasteiger partial charge on any atom is 0.328 e. The predicted octanol–water partition coefficient (Wildman–Crippen LogP) is 2.67. The van der Waals surface area contributed by atoms with Crippen LogP contribution in [0.1, 0.15) is 56.9 Å². The molecular weight excluding hydrogens is 336 g/mol. The SMILES string of the molecule is COc1ccnc(C(=O)N[C@@H](C)C(=O)O[C@H](C)C(C)C2CCCC2)c1O. The Morgan fingerprint density at radius 2 is 1.92 bits per heavy atom. The van der Waals surface area contributed by atoms with Crippen molar-refractivity contribution in [2.45, 2.75) is 58.6 Å². The number of hydrogen-bond acceptors (Lipinski definition) is 6. The second-order valence-electron chi connectivity index (χ2n) is 6.95. The van der Waals surface area contributed by atoms with Crippen molar-refractivity contribution in [3.8, 4) is 11.5 Å². The van der Waals surface area contributed by atoms with Crippen LogP contribution in [0.4, 0.5) is 0 Å². The largest absolute Gasteiger partial charge is 0.503 e. The molecule has 1 aromatic heterocycles. The van der Waals surface area contributed by atoms with Gasteiger partial charge in [-0.2, -0.15) is 0 Å². The Morgan fingerprint density at radius 1 is 1.27 bits per heavy atom. The van der Waals surface area contributed by atoms with E-state index in [2.05, 4.69) is 17.2 Å². The van der Waals surface area contributed by atoms with Gasteiger partial charge in [-0.1, -0.05) is 32.6 Å². The van der Waals surface area contributed by atoms with Crippen LogP contribution in [0.2, 0.25) is 0 Å². The minimum absolute atomic E-state index is 0.138. The van der Waals surface area contributed by atoms with Gasteiger partial charge >= 0.3 is 5.97 Å². The predicted molar refractivity (Wildman–Crippen MR) is 96.1 cm³/mol. The van der Waals surface area contributed by atoms with Gasteiger partial charge < -0.3 is 19.9 Å². The van der Waals surface area contributed by atoms with Crippen molar-refractivity contribution in [2.75, 3.05) is 7.11 Å². The molecule has 1 fully saturated rings. The van der Waals surface area contributed by atoms with Crippen LogP contribution in [0.25, 0.3) is 0 Å². The van der Waals surface area contributed by atoms with E-state index in [9.17, 15) is 14.7 Å². The summed E-state index contributed by atoms with van der Waals surface area (Å²) in [6, 6.07) is 0.587. The molecule has 0 radical (unpaired) electrons. The summed E-state index contributed by atoms with van der Waals surface area (Å²) in [7, 11) is 1.38. The fourth-order valence-electron chi connectivity index (χ4n) is 3.35. The number of aromatic hydroxyl groups is 1. The van der Waals surface area contributed by atoms with Crippen LogP contribution < -0.4 is 10.1 Å². The lowest BCUT2D eigenvalue weighted by Crippen LogP contribution is -2.42. The van der Waals surface area contributed by atoms with E-state index >= 15 is 0 Å². The van der Waals surface area contributed by atoms with Gasteiger partial charge in [0.25, 0.3) is 5.91 Å². The van der Waals surface area contributed by atoms with Crippen LogP contribution >= 0.6 is 0 Å². The number of nitrogens with zero attached hydrogens (tertiary/aromatic N) is 1. The molecule has 1 heterocycles. The first kappa shape index (κ1) is 20.0. The molecule has 7 heteroatoms. The molecule has 1 aliphatic carbocycles. The lowest BCUT2D eigenvalue weighted by Gasteiger charge is -2.26. The second-order valence-corrected chi connectivity index (χ2v) is 6.95. The summed E-state index contributed by atoms with van der Waals surface area (Å²) in [5.74, 6) is -0.523. The Bertz CT molecular complexity index is 643. The standard InChI is InChI=1S/C19H28N2O5/c1-11(14-7-5-6-8-14)13(3)26-19(24)12(2)21-18(23)16-17(22)15(25-4)9-10-20-16/h9-14,22H,5-8H2,1-4H3,(H,21,23)/t11?,12-,13+/m0/s1. The molecule has 0 aliphatic heterocycles. The summed E-state index contributed by atoms with van der Waals surface area (Å²) < 4.78 is 10.5. The number of esters is 1. The van der Waals surface area contributed by atoms with Crippen molar-refractivity contribution in [1.29, 1.82) is 0 Å². The number of ether oxygens (including phenoxy) is 2. The van der Waals surface area contributed by atoms with Gasteiger partial charge in [0.1, 0.15) is 12.1 Å². The average molecular weight is 364 g/mol. The van der Waals surface area contributed by atoms with Crippen molar-refractivity contribution >= 4 is 11.9 Å². The summed E-state index contributed by atoms with van der Waals surface area (Å²) in [6.07, 6.45) is 5.96. The Morgan fingerprint density at radius 3 is 2.54 bits per heavy atom. The van der Waals surface area contributed by atoms with Crippen LogP contribution in [0.5, 0.6) is 11.5 Å². The van der Waals surface area contributed by atoms with Gasteiger partial charge in [-0.25, -0.2) is 9.78 Å². The van der Waals surface area contributed by atoms with Crippen LogP contribution in [-0.4, -0.2) is 41.2 Å². The lowest BCUT2D eigenvalue weighted by molar-refractivity contribution is -0.153. The lowest BCUT2D eigenvalue weighted by atomic mass is 9.88. The van der Waals surface area contributed by atoms with E-state index in [1.165, 1.54) is 45.1 Å². The summed E-state index contributed by atoms with van der Waals surface area (Å²) in [4.78, 5) is 28.4. The van der Waals surface area contributed by atoms with Gasteiger partial charge in [0.2, 0.25) is 0 Å². The van der Waals surface area contributed by atoms with Crippen molar-refractivity contribution in [3.05, 3.63) is 18.0 Å². The number of carbonyl (C=O) groups is 2. The molecule has 2 N–H and O–H groups in total. The van der Waals surface area contributed by atoms with E-state index in [-0.39, 0.29) is 29.2 Å². The molecule has 7 nitrogen and oxygen atoms in total. The highest BCUT2D eigenvalue weighted by Gasteiger charge is 2.29. The van der Waals surface area contributed by atoms with Crippen LogP contribution in [0.3, 0.4) is 0 Å². The van der Waals surface area contributed by atoms with E-state index in [1.807, 2.05) is 6.92 Å². The first-order chi connectivity index (χ1) is 12.3. The van der Waals surface area contributed by atoms with Crippen molar-refractivity contribution in [3.63, 3.8) is 0 Å². The highest BCUT2D eigenvalue weighted by atomic mass is 16.5. The fraction of sp³-hybridized carbons (Fsp3) is 0.632. The van der Waals surface area contributed by atoms with Gasteiger partial charge in [-0.05, 0) is 25.7 Å². The summed E-state index contributed by atoms with van der Waals surface area (Å²) in [5, 5.41) is 12.5. The fourth-order valence-corrected chi connectivity index (χ4v) is 3.35. The average Bonchev–Trinajstić information content (AvgIpc) is 3.15. The zero-order valence-corrected chi connectivity index (χ0v) is 15.8. The molecule has 3 atom stereocenters. The van der Waals surface area contributed by atoms with Gasteiger partial charge in [0.15, 0.2) is 17.2 Å². The molecule has 2 rings (SSSR count). The Labute approximate surface area is 154 Å². The highest BCUT2D eigenvalue weighted by molar-refractivity contribution is 5.97. The number of amides is 1. The molecule has 0 saturated heterocycles. The Kier molecular flexibility index (Phi) is 6.83. The van der Waals surface area contributed by atoms with Crippen molar-refractivity contribution in [2.24, 2.45) is 11.8 Å². The van der Waals surface area contributed by atoms with Crippen LogP contribution in [0, 0.1) is 11.8 Å². The number of carbonyl (C=O) groups excluding carboxylic acids is 2. The number of pyridine rings is 1. The van der Waals surface area contributed by atoms with Crippen LogP contribution in [0.15, 0.2) is 12.3 Å². The number of hydrogen-bond donors (Lipinski definition) is 2. The van der Waals surface area contributed by atoms with E-state index in [4.69, 9.17) is 9.47 Å². The normalized spacial score (nSPS) is 18.0. The van der Waals surface area contributed by atoms with Crippen molar-refractivity contribution in [1.82, 2.24) is 10.3 Å². The van der Waals surface area contributed by atoms with E-state index in [0.717, 1.165) is 0 Å². The minimum Gasteiger partial charge on any atom is -0.503 e. The third kappa shape index (κ3) is 4.65. The third-order valence-electron chi connectivity index (χ3n) is 5.21. The number of nitrogens with one attached hydrogen (secondary N) is 1. The van der Waals surface area contributed by atoms with E-state index in [1.54, 1.807) is 6.92 Å². The first-order valence-corrected chi connectivity index (χ1v) is 9.08. The monoisotopic (exact) mass is 364 g/mol. The first-order valence-electron chi connectivity index (χ1n) is 9.08. The molecule has 26 heavy (non-hydrogen) atoms. The van der Waals surface area contributed by atoms with Gasteiger partial charge in [0.05, 0.1) is 7.11 Å². The van der Waals surface area contributed by atoms with Gasteiger partial charge in [-0.3, -0.25) is 4.79 Å². The van der Waals surface area contributed by atoms with E-state index < -0.39 is 17.9 Å². The summed E-state index contributed by atoms with van der Waals surface area (Å²) in [6.45, 7) is 5.55. The maximum atomic E-state index is 12.3. The molecule has 1 aromatic rings. The number of rotatable bonds is 7. The number of methoxy groups -OCH3 is 1. The zero-order valence-electron chi connectivity index (χ0n) is 15.8. The second kappa shape index (κ2) is 8.87. The Balaban J connectivity index is 1.93. The third-order valence-corrected chi connectivity index (χ3v) is 5.21. The summed E-state index contributed by atoms with van der Waals surface area (Å²) >= 11 is 0. The van der Waals surface area contributed by atoms with Gasteiger partial charge in [-0.15, -0.1) is 0 Å². The topological polar surface area (TPSA) is 97.8 Å². The molecule has 144 valence electrons. The minimum atomic E-state index is -0.854. The molecule has 1 amide bonds. The molecule has 1 aliphatic rings. The van der Waals surface area contributed by atoms with Crippen LogP contribution in [-0.2, 0) is 9.53 Å². The molecular formula is C19H28N2O5. The smallest absolute Gasteiger partial charge is 0.328 e. The quantitative estimate of drug-likeness (QED) is 0.722. The van der Waals surface area contributed by atoms with E-state index in [0.29, 0.717) is 5.92 Å². The number of aromatic nitrogens is 1. The highest BCUT2D eigenvalue weighted by Crippen LogP contribution is 2.33. The zero-order chi connectivity index (χ0) is 19.3. The summed E-state index contributed by atoms with van der Waals surface area (Å²) in [5.41, 5.74) is -0.198.